The van der Waals surface area contributed by atoms with Crippen molar-refractivity contribution < 1.29 is 4.74 Å². The summed E-state index contributed by atoms with van der Waals surface area (Å²) in [4.78, 5) is 8.05. The fourth-order valence-corrected chi connectivity index (χ4v) is 1.77. The van der Waals surface area contributed by atoms with Gasteiger partial charge < -0.3 is 10.1 Å². The summed E-state index contributed by atoms with van der Waals surface area (Å²) < 4.78 is 5.26. The van der Waals surface area contributed by atoms with Crippen molar-refractivity contribution in [1.82, 2.24) is 9.97 Å². The highest BCUT2D eigenvalue weighted by Crippen LogP contribution is 2.33. The van der Waals surface area contributed by atoms with Crippen LogP contribution in [0.1, 0.15) is 5.56 Å². The van der Waals surface area contributed by atoms with E-state index in [9.17, 15) is 0 Å². The molecule has 0 aliphatic rings. The van der Waals surface area contributed by atoms with Gasteiger partial charge in [-0.2, -0.15) is 0 Å². The predicted molar refractivity (Wildman–Crippen MR) is 73.1 cm³/mol. The van der Waals surface area contributed by atoms with E-state index in [1.54, 1.807) is 19.4 Å². The number of rotatable bonds is 3. The first-order valence-corrected chi connectivity index (χ1v) is 5.95. The van der Waals surface area contributed by atoms with Crippen LogP contribution >= 0.6 is 23.2 Å². The van der Waals surface area contributed by atoms with Crippen molar-refractivity contribution in [1.29, 1.82) is 0 Å². The fraction of sp³-hybridized carbons (Fsp3) is 0.167. The quantitative estimate of drug-likeness (QED) is 0.930. The molecule has 0 aliphatic heterocycles. The van der Waals surface area contributed by atoms with Gasteiger partial charge in [0.25, 0.3) is 0 Å². The number of ether oxygens (including phenoxy) is 1. The van der Waals surface area contributed by atoms with Gasteiger partial charge in [0.05, 0.1) is 12.8 Å². The second-order valence-corrected chi connectivity index (χ2v) is 4.39. The smallest absolute Gasteiger partial charge is 0.171 e. The molecule has 0 aliphatic carbocycles. The van der Waals surface area contributed by atoms with Crippen LogP contribution in [0.25, 0.3) is 0 Å². The second-order valence-electron chi connectivity index (χ2n) is 3.62. The molecule has 2 rings (SSSR count). The zero-order chi connectivity index (χ0) is 13.1. The predicted octanol–water partition coefficient (Wildman–Crippen LogP) is 3.84. The molecule has 2 aromatic rings. The van der Waals surface area contributed by atoms with E-state index in [4.69, 9.17) is 27.9 Å². The summed E-state index contributed by atoms with van der Waals surface area (Å²) >= 11 is 12.0. The van der Waals surface area contributed by atoms with E-state index < -0.39 is 0 Å². The molecule has 1 aromatic heterocycles. The number of halogens is 2. The summed E-state index contributed by atoms with van der Waals surface area (Å²) in [6.45, 7) is 1.91. The summed E-state index contributed by atoms with van der Waals surface area (Å²) in [7, 11) is 1.57. The van der Waals surface area contributed by atoms with Gasteiger partial charge in [-0.3, -0.25) is 0 Å². The largest absolute Gasteiger partial charge is 0.495 e. The van der Waals surface area contributed by atoms with Crippen LogP contribution in [0.4, 0.5) is 11.5 Å². The topological polar surface area (TPSA) is 47.0 Å². The van der Waals surface area contributed by atoms with Crippen LogP contribution in [-0.4, -0.2) is 17.1 Å². The third-order valence-corrected chi connectivity index (χ3v) is 3.07. The lowest BCUT2D eigenvalue weighted by atomic mass is 10.2. The van der Waals surface area contributed by atoms with Crippen molar-refractivity contribution >= 4 is 34.7 Å². The lowest BCUT2D eigenvalue weighted by Gasteiger charge is -2.12. The Hall–Kier alpha value is -1.52. The molecule has 18 heavy (non-hydrogen) atoms. The monoisotopic (exact) mass is 283 g/mol. The molecule has 0 fully saturated rings. The van der Waals surface area contributed by atoms with Crippen molar-refractivity contribution in [2.75, 3.05) is 12.4 Å². The molecule has 0 unspecified atom stereocenters. The molecule has 1 N–H and O–H groups in total. The second kappa shape index (κ2) is 5.42. The van der Waals surface area contributed by atoms with Crippen molar-refractivity contribution in [3.63, 3.8) is 0 Å². The molecule has 0 atom stereocenters. The van der Waals surface area contributed by atoms with E-state index in [2.05, 4.69) is 15.3 Å². The summed E-state index contributed by atoms with van der Waals surface area (Å²) in [6, 6.07) is 3.61. The van der Waals surface area contributed by atoms with Crippen LogP contribution in [0.15, 0.2) is 24.5 Å². The number of benzene rings is 1. The lowest BCUT2D eigenvalue weighted by molar-refractivity contribution is 0.416. The van der Waals surface area contributed by atoms with Crippen molar-refractivity contribution in [3.05, 3.63) is 40.3 Å². The van der Waals surface area contributed by atoms with Crippen LogP contribution in [0.2, 0.25) is 10.2 Å². The molecule has 0 saturated heterocycles. The third-order valence-electron chi connectivity index (χ3n) is 2.39. The molecule has 0 saturated carbocycles. The fourth-order valence-electron chi connectivity index (χ4n) is 1.46. The van der Waals surface area contributed by atoms with E-state index in [1.807, 2.05) is 13.0 Å². The van der Waals surface area contributed by atoms with E-state index in [-0.39, 0.29) is 0 Å². The first-order valence-electron chi connectivity index (χ1n) is 5.19. The Morgan fingerprint density at radius 1 is 1.17 bits per heavy atom. The molecule has 4 nitrogen and oxygen atoms in total. The highest BCUT2D eigenvalue weighted by Gasteiger charge is 2.09. The van der Waals surface area contributed by atoms with E-state index >= 15 is 0 Å². The number of hydrogen-bond donors (Lipinski definition) is 1. The molecule has 1 heterocycles. The van der Waals surface area contributed by atoms with Gasteiger partial charge in [-0.25, -0.2) is 9.97 Å². The third kappa shape index (κ3) is 2.66. The van der Waals surface area contributed by atoms with Crippen LogP contribution in [0, 0.1) is 6.92 Å². The number of hydrogen-bond acceptors (Lipinski definition) is 4. The maximum Gasteiger partial charge on any atom is 0.171 e. The maximum atomic E-state index is 6.04. The van der Waals surface area contributed by atoms with Crippen LogP contribution in [0.5, 0.6) is 5.75 Å². The molecule has 1 aromatic carbocycles. The average Bonchev–Trinajstić information content (AvgIpc) is 2.36. The van der Waals surface area contributed by atoms with Gasteiger partial charge >= 0.3 is 0 Å². The molecule has 6 heteroatoms. The van der Waals surface area contributed by atoms with E-state index in [0.717, 1.165) is 11.3 Å². The normalized spacial score (nSPS) is 10.2. The standard InChI is InChI=1S/C12H11Cl2N3O/c1-7-5-9(10(18-2)6-8(7)13)17-12-11(14)15-3-4-16-12/h3-6H,1-2H3,(H,16,17). The van der Waals surface area contributed by atoms with Gasteiger partial charge in [-0.15, -0.1) is 0 Å². The maximum absolute atomic E-state index is 6.04. The molecule has 0 amide bonds. The Kier molecular flexibility index (Phi) is 3.89. The summed E-state index contributed by atoms with van der Waals surface area (Å²) in [6.07, 6.45) is 3.08. The Labute approximate surface area is 115 Å². The minimum absolute atomic E-state index is 0.298. The van der Waals surface area contributed by atoms with Crippen molar-refractivity contribution in [3.8, 4) is 5.75 Å². The molecule has 0 spiro atoms. The van der Waals surface area contributed by atoms with Gasteiger partial charge in [-0.1, -0.05) is 23.2 Å². The minimum Gasteiger partial charge on any atom is -0.495 e. The number of aromatic nitrogens is 2. The first-order chi connectivity index (χ1) is 8.61. The number of aryl methyl sites for hydroxylation is 1. The van der Waals surface area contributed by atoms with Crippen molar-refractivity contribution in [2.45, 2.75) is 6.92 Å². The molecule has 94 valence electrons. The Balaban J connectivity index is 2.40. The Morgan fingerprint density at radius 2 is 1.89 bits per heavy atom. The summed E-state index contributed by atoms with van der Waals surface area (Å²) in [5.41, 5.74) is 1.67. The van der Waals surface area contributed by atoms with Crippen molar-refractivity contribution in [2.24, 2.45) is 0 Å². The summed E-state index contributed by atoms with van der Waals surface area (Å²) in [5.74, 6) is 1.09. The van der Waals surface area contributed by atoms with Gasteiger partial charge in [0.15, 0.2) is 11.0 Å². The molecular weight excluding hydrogens is 273 g/mol. The highest BCUT2D eigenvalue weighted by atomic mass is 35.5. The van der Waals surface area contributed by atoms with Gasteiger partial charge in [0.2, 0.25) is 0 Å². The Morgan fingerprint density at radius 3 is 2.56 bits per heavy atom. The summed E-state index contributed by atoms with van der Waals surface area (Å²) in [5, 5.41) is 4.01. The average molecular weight is 284 g/mol. The van der Waals surface area contributed by atoms with Crippen LogP contribution in [0.3, 0.4) is 0 Å². The minimum atomic E-state index is 0.298. The molecule has 0 bridgehead atoms. The first kappa shape index (κ1) is 12.9. The highest BCUT2D eigenvalue weighted by molar-refractivity contribution is 6.32. The van der Waals surface area contributed by atoms with Gasteiger partial charge in [0.1, 0.15) is 5.75 Å². The number of anilines is 2. The SMILES string of the molecule is COc1cc(Cl)c(C)cc1Nc1nccnc1Cl. The van der Waals surface area contributed by atoms with E-state index in [0.29, 0.717) is 21.7 Å². The van der Waals surface area contributed by atoms with Gasteiger partial charge in [0, 0.05) is 23.5 Å². The van der Waals surface area contributed by atoms with E-state index in [1.165, 1.54) is 6.20 Å². The molecular formula is C12H11Cl2N3O. The number of nitrogens with zero attached hydrogens (tertiary/aromatic N) is 2. The molecule has 0 radical (unpaired) electrons. The number of methoxy groups -OCH3 is 1. The zero-order valence-corrected chi connectivity index (χ0v) is 11.4. The van der Waals surface area contributed by atoms with Gasteiger partial charge in [-0.05, 0) is 18.6 Å². The van der Waals surface area contributed by atoms with Crippen LogP contribution in [-0.2, 0) is 0 Å². The number of nitrogens with one attached hydrogen (secondary N) is 1. The zero-order valence-electron chi connectivity index (χ0n) is 9.87. The Bertz CT molecular complexity index is 575. The van der Waals surface area contributed by atoms with Crippen LogP contribution < -0.4 is 10.1 Å². The lowest BCUT2D eigenvalue weighted by Crippen LogP contribution is -1.99.